The molecule has 0 saturated carbocycles. The van der Waals surface area contributed by atoms with Crippen molar-refractivity contribution >= 4 is 23.1 Å². The van der Waals surface area contributed by atoms with E-state index in [1.807, 2.05) is 12.1 Å². The number of nitrogens with one attached hydrogen (secondary N) is 1. The highest BCUT2D eigenvalue weighted by molar-refractivity contribution is 6.28. The van der Waals surface area contributed by atoms with E-state index in [4.69, 9.17) is 17.3 Å². The minimum atomic E-state index is 0.275. The molecule has 0 spiro atoms. The third kappa shape index (κ3) is 4.00. The van der Waals surface area contributed by atoms with Gasteiger partial charge in [0, 0.05) is 0 Å². The first-order chi connectivity index (χ1) is 8.78. The molecule has 0 atom stereocenters. The van der Waals surface area contributed by atoms with E-state index < -0.39 is 0 Å². The summed E-state index contributed by atoms with van der Waals surface area (Å²) in [6, 6.07) is 8.30. The molecule has 0 aromatic heterocycles. The maximum atomic E-state index is 5.60. The lowest BCUT2D eigenvalue weighted by Crippen LogP contribution is -2.28. The number of aliphatic imine (C=N–C) groups is 1. The Kier molecular flexibility index (Phi) is 5.02. The standard InChI is InChI=1S/C14H20ClN3/c15-10-14(16)18-13-3-1-11(2-4-13)9-12-5-7-17-8-6-12/h1-4,12,17H,5-10H2,(H2,16,18). The summed E-state index contributed by atoms with van der Waals surface area (Å²) in [6.07, 6.45) is 3.72. The second kappa shape index (κ2) is 6.76. The van der Waals surface area contributed by atoms with Gasteiger partial charge in [-0.2, -0.15) is 0 Å². The van der Waals surface area contributed by atoms with Crippen LogP contribution in [0.2, 0.25) is 0 Å². The molecule has 1 aromatic rings. The highest BCUT2D eigenvalue weighted by Crippen LogP contribution is 2.20. The zero-order valence-electron chi connectivity index (χ0n) is 10.5. The van der Waals surface area contributed by atoms with Gasteiger partial charge in [-0.1, -0.05) is 12.1 Å². The molecule has 0 bridgehead atoms. The number of piperidine rings is 1. The van der Waals surface area contributed by atoms with Gasteiger partial charge < -0.3 is 11.1 Å². The van der Waals surface area contributed by atoms with Gasteiger partial charge in [0.05, 0.1) is 11.6 Å². The largest absolute Gasteiger partial charge is 0.386 e. The summed E-state index contributed by atoms with van der Waals surface area (Å²) in [7, 11) is 0. The number of alkyl halides is 1. The second-order valence-corrected chi connectivity index (χ2v) is 5.07. The van der Waals surface area contributed by atoms with Crippen molar-refractivity contribution in [3.63, 3.8) is 0 Å². The third-order valence-corrected chi connectivity index (χ3v) is 3.60. The van der Waals surface area contributed by atoms with E-state index in [0.29, 0.717) is 5.84 Å². The van der Waals surface area contributed by atoms with Crippen LogP contribution in [-0.4, -0.2) is 24.8 Å². The van der Waals surface area contributed by atoms with Crippen molar-refractivity contribution in [1.82, 2.24) is 5.32 Å². The number of benzene rings is 1. The lowest BCUT2D eigenvalue weighted by molar-refractivity contribution is 0.372. The number of hydrogen-bond acceptors (Lipinski definition) is 2. The zero-order chi connectivity index (χ0) is 12.8. The first kappa shape index (κ1) is 13.4. The summed E-state index contributed by atoms with van der Waals surface area (Å²) < 4.78 is 0. The number of amidine groups is 1. The van der Waals surface area contributed by atoms with Crippen LogP contribution in [-0.2, 0) is 6.42 Å². The molecule has 18 heavy (non-hydrogen) atoms. The van der Waals surface area contributed by atoms with Gasteiger partial charge in [-0.3, -0.25) is 0 Å². The number of hydrogen-bond donors (Lipinski definition) is 2. The van der Waals surface area contributed by atoms with Crippen LogP contribution in [0.15, 0.2) is 29.3 Å². The van der Waals surface area contributed by atoms with E-state index >= 15 is 0 Å². The minimum absolute atomic E-state index is 0.275. The van der Waals surface area contributed by atoms with Crippen LogP contribution in [0.25, 0.3) is 0 Å². The Labute approximate surface area is 113 Å². The average molecular weight is 266 g/mol. The Bertz CT molecular complexity index is 394. The van der Waals surface area contributed by atoms with Gasteiger partial charge in [0.2, 0.25) is 0 Å². The van der Waals surface area contributed by atoms with Crippen LogP contribution >= 0.6 is 11.6 Å². The molecule has 4 heteroatoms. The molecule has 0 aliphatic carbocycles. The molecule has 0 unspecified atom stereocenters. The van der Waals surface area contributed by atoms with Gasteiger partial charge in [0.1, 0.15) is 5.84 Å². The van der Waals surface area contributed by atoms with E-state index in [-0.39, 0.29) is 5.88 Å². The molecular weight excluding hydrogens is 246 g/mol. The predicted molar refractivity (Wildman–Crippen MR) is 77.7 cm³/mol. The fourth-order valence-corrected chi connectivity index (χ4v) is 2.38. The Balaban J connectivity index is 1.94. The number of nitrogens with two attached hydrogens (primary N) is 1. The molecule has 1 aromatic carbocycles. The van der Waals surface area contributed by atoms with Crippen molar-refractivity contribution < 1.29 is 0 Å². The lowest BCUT2D eigenvalue weighted by Gasteiger charge is -2.22. The fraction of sp³-hybridized carbons (Fsp3) is 0.500. The van der Waals surface area contributed by atoms with E-state index in [2.05, 4.69) is 22.4 Å². The number of rotatable bonds is 4. The SMILES string of the molecule is NC(CCl)=Nc1ccc(CC2CCNCC2)cc1. The van der Waals surface area contributed by atoms with Crippen molar-refractivity contribution in [2.24, 2.45) is 16.6 Å². The average Bonchev–Trinajstić information content (AvgIpc) is 2.42. The molecule has 2 rings (SSSR count). The first-order valence-electron chi connectivity index (χ1n) is 6.46. The Morgan fingerprint density at radius 1 is 1.28 bits per heavy atom. The summed E-state index contributed by atoms with van der Waals surface area (Å²) in [5, 5.41) is 3.39. The van der Waals surface area contributed by atoms with Crippen molar-refractivity contribution in [2.75, 3.05) is 19.0 Å². The van der Waals surface area contributed by atoms with Gasteiger partial charge in [-0.15, -0.1) is 11.6 Å². The van der Waals surface area contributed by atoms with Crippen LogP contribution in [0, 0.1) is 5.92 Å². The van der Waals surface area contributed by atoms with Crippen LogP contribution in [0.3, 0.4) is 0 Å². The maximum Gasteiger partial charge on any atom is 0.115 e. The van der Waals surface area contributed by atoms with Crippen molar-refractivity contribution in [3.05, 3.63) is 29.8 Å². The first-order valence-corrected chi connectivity index (χ1v) is 7.00. The molecule has 98 valence electrons. The summed E-state index contributed by atoms with van der Waals surface area (Å²) >= 11 is 5.60. The summed E-state index contributed by atoms with van der Waals surface area (Å²) in [5.41, 5.74) is 7.86. The van der Waals surface area contributed by atoms with Crippen molar-refractivity contribution in [3.8, 4) is 0 Å². The van der Waals surface area contributed by atoms with Crippen molar-refractivity contribution in [2.45, 2.75) is 19.3 Å². The van der Waals surface area contributed by atoms with Gasteiger partial charge in [-0.05, 0) is 56.0 Å². The molecular formula is C14H20ClN3. The van der Waals surface area contributed by atoms with Gasteiger partial charge in [-0.25, -0.2) is 4.99 Å². The third-order valence-electron chi connectivity index (χ3n) is 3.33. The van der Waals surface area contributed by atoms with Crippen LogP contribution in [0.5, 0.6) is 0 Å². The molecule has 1 heterocycles. The maximum absolute atomic E-state index is 5.60. The van der Waals surface area contributed by atoms with Crippen molar-refractivity contribution in [1.29, 1.82) is 0 Å². The van der Waals surface area contributed by atoms with Gasteiger partial charge in [0.25, 0.3) is 0 Å². The number of nitrogens with zero attached hydrogens (tertiary/aromatic N) is 1. The van der Waals surface area contributed by atoms with Gasteiger partial charge >= 0.3 is 0 Å². The molecule has 1 fully saturated rings. The quantitative estimate of drug-likeness (QED) is 0.499. The second-order valence-electron chi connectivity index (χ2n) is 4.80. The molecule has 3 nitrogen and oxygen atoms in total. The number of halogens is 1. The molecule has 1 saturated heterocycles. The van der Waals surface area contributed by atoms with E-state index in [1.54, 1.807) is 0 Å². The van der Waals surface area contributed by atoms with Crippen LogP contribution in [0.4, 0.5) is 5.69 Å². The highest BCUT2D eigenvalue weighted by Gasteiger charge is 2.13. The van der Waals surface area contributed by atoms with Crippen LogP contribution in [0.1, 0.15) is 18.4 Å². The van der Waals surface area contributed by atoms with E-state index in [1.165, 1.54) is 18.4 Å². The topological polar surface area (TPSA) is 50.4 Å². The monoisotopic (exact) mass is 265 g/mol. The Morgan fingerprint density at radius 3 is 2.56 bits per heavy atom. The van der Waals surface area contributed by atoms with Crippen LogP contribution < -0.4 is 11.1 Å². The highest BCUT2D eigenvalue weighted by atomic mass is 35.5. The minimum Gasteiger partial charge on any atom is -0.386 e. The molecule has 0 amide bonds. The molecule has 1 aliphatic heterocycles. The predicted octanol–water partition coefficient (Wildman–Crippen LogP) is 2.46. The lowest BCUT2D eigenvalue weighted by atomic mass is 9.91. The zero-order valence-corrected chi connectivity index (χ0v) is 11.3. The molecule has 3 N–H and O–H groups in total. The molecule has 1 aliphatic rings. The smallest absolute Gasteiger partial charge is 0.115 e. The van der Waals surface area contributed by atoms with E-state index in [0.717, 1.165) is 31.1 Å². The Hall–Kier alpha value is -1.06. The Morgan fingerprint density at radius 2 is 1.94 bits per heavy atom. The normalized spacial score (nSPS) is 17.9. The summed E-state index contributed by atoms with van der Waals surface area (Å²) in [5.74, 6) is 1.55. The van der Waals surface area contributed by atoms with Gasteiger partial charge in [0.15, 0.2) is 0 Å². The molecule has 0 radical (unpaired) electrons. The van der Waals surface area contributed by atoms with E-state index in [9.17, 15) is 0 Å². The summed E-state index contributed by atoms with van der Waals surface area (Å²) in [4.78, 5) is 4.22. The fourth-order valence-electron chi connectivity index (χ4n) is 2.32. The summed E-state index contributed by atoms with van der Waals surface area (Å²) in [6.45, 7) is 2.30.